The highest BCUT2D eigenvalue weighted by Crippen LogP contribution is 2.38. The van der Waals surface area contributed by atoms with E-state index < -0.39 is 17.8 Å². The number of nitrogens with two attached hydrogens (primary N) is 2. The summed E-state index contributed by atoms with van der Waals surface area (Å²) in [6.07, 6.45) is -4.56. The van der Waals surface area contributed by atoms with Crippen LogP contribution < -0.4 is 21.4 Å². The summed E-state index contributed by atoms with van der Waals surface area (Å²) >= 11 is 3.30. The van der Waals surface area contributed by atoms with Crippen molar-refractivity contribution < 1.29 is 22.7 Å². The van der Waals surface area contributed by atoms with Crippen molar-refractivity contribution in [3.05, 3.63) is 57.6 Å². The monoisotopic (exact) mass is 446 g/mol. The number of nitrogens with zero attached hydrogens (tertiary/aromatic N) is 2. The van der Waals surface area contributed by atoms with Gasteiger partial charge in [-0.25, -0.2) is 21.5 Å². The number of alkyl halides is 3. The molecule has 0 heterocycles. The average molecular weight is 447 g/mol. The Labute approximate surface area is 162 Å². The summed E-state index contributed by atoms with van der Waals surface area (Å²) in [4.78, 5) is 12.0. The van der Waals surface area contributed by atoms with Gasteiger partial charge in [-0.1, -0.05) is 33.6 Å². The first kappa shape index (κ1) is 21.0. The molecule has 146 valence electrons. The number of carbonyl (C=O) groups excluding carboxylic acids is 1. The third-order valence-electron chi connectivity index (χ3n) is 3.67. The second-order valence-electron chi connectivity index (χ2n) is 5.79. The molecule has 0 aliphatic rings. The van der Waals surface area contributed by atoms with Crippen LogP contribution in [0.15, 0.2) is 40.9 Å². The van der Waals surface area contributed by atoms with E-state index in [4.69, 9.17) is 16.4 Å². The fourth-order valence-corrected chi connectivity index (χ4v) is 2.80. The molecular formula is C17H18BrF3N4O2. The van der Waals surface area contributed by atoms with Gasteiger partial charge in [0.2, 0.25) is 0 Å². The van der Waals surface area contributed by atoms with Gasteiger partial charge in [0.25, 0.3) is 0 Å². The van der Waals surface area contributed by atoms with Crippen LogP contribution in [0.2, 0.25) is 0 Å². The Balaban J connectivity index is 2.36. The van der Waals surface area contributed by atoms with Gasteiger partial charge in [-0.05, 0) is 31.2 Å². The number of halogens is 4. The topological polar surface area (TPSA) is 84.8 Å². The lowest BCUT2D eigenvalue weighted by Crippen LogP contribution is -2.49. The Morgan fingerprint density at radius 1 is 1.22 bits per heavy atom. The molecule has 0 atom stereocenters. The maximum absolute atomic E-state index is 13.3. The number of hydrazine groups is 2. The summed E-state index contributed by atoms with van der Waals surface area (Å²) in [5, 5.41) is 1.58. The molecule has 0 saturated heterocycles. The van der Waals surface area contributed by atoms with Crippen molar-refractivity contribution in [2.24, 2.45) is 11.7 Å². The summed E-state index contributed by atoms with van der Waals surface area (Å²) in [5.74, 6) is 10.9. The van der Waals surface area contributed by atoms with Gasteiger partial charge in [0.05, 0.1) is 11.3 Å². The van der Waals surface area contributed by atoms with Crippen LogP contribution in [-0.2, 0) is 12.8 Å². The number of carbonyl (C=O) groups is 1. The first-order chi connectivity index (χ1) is 12.5. The fourth-order valence-electron chi connectivity index (χ4n) is 2.33. The third-order valence-corrected chi connectivity index (χ3v) is 4.42. The van der Waals surface area contributed by atoms with Crippen molar-refractivity contribution in [2.45, 2.75) is 19.7 Å². The third kappa shape index (κ3) is 4.90. The first-order valence-corrected chi connectivity index (χ1v) is 8.47. The van der Waals surface area contributed by atoms with E-state index in [1.807, 2.05) is 0 Å². The minimum Gasteiger partial charge on any atom is -0.488 e. The van der Waals surface area contributed by atoms with Crippen LogP contribution in [0.4, 0.5) is 23.7 Å². The quantitative estimate of drug-likeness (QED) is 0.422. The van der Waals surface area contributed by atoms with Crippen LogP contribution in [0, 0.1) is 6.92 Å². The van der Waals surface area contributed by atoms with Crippen molar-refractivity contribution in [1.82, 2.24) is 5.01 Å². The smallest absolute Gasteiger partial charge is 0.419 e. The lowest BCUT2D eigenvalue weighted by Gasteiger charge is -2.24. The summed E-state index contributed by atoms with van der Waals surface area (Å²) < 4.78 is 45.7. The molecular weight excluding hydrogens is 429 g/mol. The SMILES string of the molecule is Cc1ccc(OCc2c(Br)cccc2N(N)C(=O)N(C)N)c(C(F)(F)F)c1. The maximum Gasteiger partial charge on any atom is 0.419 e. The summed E-state index contributed by atoms with van der Waals surface area (Å²) in [6, 6.07) is 7.90. The zero-order valence-corrected chi connectivity index (χ0v) is 16.1. The molecule has 4 N–H and O–H groups in total. The predicted molar refractivity (Wildman–Crippen MR) is 98.7 cm³/mol. The van der Waals surface area contributed by atoms with E-state index in [0.29, 0.717) is 15.6 Å². The molecule has 0 radical (unpaired) electrons. The van der Waals surface area contributed by atoms with Crippen molar-refractivity contribution in [2.75, 3.05) is 12.1 Å². The van der Waals surface area contributed by atoms with E-state index in [-0.39, 0.29) is 18.0 Å². The molecule has 6 nitrogen and oxygen atoms in total. The largest absolute Gasteiger partial charge is 0.488 e. The van der Waals surface area contributed by atoms with E-state index in [1.165, 1.54) is 25.2 Å². The van der Waals surface area contributed by atoms with Crippen LogP contribution in [0.25, 0.3) is 0 Å². The molecule has 0 bridgehead atoms. The number of amides is 2. The van der Waals surface area contributed by atoms with E-state index in [1.54, 1.807) is 19.1 Å². The average Bonchev–Trinajstić information content (AvgIpc) is 2.59. The van der Waals surface area contributed by atoms with Gasteiger partial charge in [0, 0.05) is 17.1 Å². The van der Waals surface area contributed by atoms with Gasteiger partial charge in [0.1, 0.15) is 12.4 Å². The molecule has 2 rings (SSSR count). The van der Waals surface area contributed by atoms with Crippen molar-refractivity contribution >= 4 is 27.6 Å². The Morgan fingerprint density at radius 2 is 1.89 bits per heavy atom. The molecule has 27 heavy (non-hydrogen) atoms. The van der Waals surface area contributed by atoms with Crippen LogP contribution in [-0.4, -0.2) is 18.1 Å². The lowest BCUT2D eigenvalue weighted by atomic mass is 10.1. The van der Waals surface area contributed by atoms with Crippen molar-refractivity contribution in [1.29, 1.82) is 0 Å². The second kappa shape index (κ2) is 8.15. The molecule has 0 aromatic heterocycles. The van der Waals surface area contributed by atoms with E-state index in [9.17, 15) is 18.0 Å². The second-order valence-corrected chi connectivity index (χ2v) is 6.64. The number of aryl methyl sites for hydroxylation is 1. The van der Waals surface area contributed by atoms with E-state index >= 15 is 0 Å². The zero-order valence-electron chi connectivity index (χ0n) is 14.5. The van der Waals surface area contributed by atoms with Crippen LogP contribution >= 0.6 is 15.9 Å². The van der Waals surface area contributed by atoms with Gasteiger partial charge < -0.3 is 4.74 Å². The van der Waals surface area contributed by atoms with Crippen LogP contribution in [0.3, 0.4) is 0 Å². The molecule has 0 unspecified atom stereocenters. The Hall–Kier alpha value is -2.30. The predicted octanol–water partition coefficient (Wildman–Crippen LogP) is 3.96. The highest BCUT2D eigenvalue weighted by atomic mass is 79.9. The number of hydrogen-bond acceptors (Lipinski definition) is 4. The number of anilines is 1. The Bertz CT molecular complexity index is 843. The Kier molecular flexibility index (Phi) is 6.34. The molecule has 0 spiro atoms. The highest BCUT2D eigenvalue weighted by Gasteiger charge is 2.34. The standard InChI is InChI=1S/C17H18BrF3N4O2/c1-10-6-7-15(12(8-10)17(19,20)21)27-9-11-13(18)4-3-5-14(11)25(23)16(26)24(2)22/h3-8H,9,22-23H2,1-2H3. The minimum atomic E-state index is -4.56. The summed E-state index contributed by atoms with van der Waals surface area (Å²) in [5.41, 5.74) is 0.218. The first-order valence-electron chi connectivity index (χ1n) is 7.67. The van der Waals surface area contributed by atoms with Crippen molar-refractivity contribution in [3.8, 4) is 5.75 Å². The molecule has 0 aliphatic heterocycles. The highest BCUT2D eigenvalue weighted by molar-refractivity contribution is 9.10. The summed E-state index contributed by atoms with van der Waals surface area (Å²) in [6.45, 7) is 1.31. The molecule has 0 saturated carbocycles. The Morgan fingerprint density at radius 3 is 2.48 bits per heavy atom. The van der Waals surface area contributed by atoms with Gasteiger partial charge in [0.15, 0.2) is 0 Å². The number of hydrogen-bond donors (Lipinski definition) is 2. The number of benzene rings is 2. The van der Waals surface area contributed by atoms with E-state index in [0.717, 1.165) is 16.1 Å². The van der Waals surface area contributed by atoms with E-state index in [2.05, 4.69) is 15.9 Å². The van der Waals surface area contributed by atoms with Gasteiger partial charge in [-0.2, -0.15) is 13.2 Å². The minimum absolute atomic E-state index is 0.243. The van der Waals surface area contributed by atoms with Gasteiger partial charge >= 0.3 is 12.2 Å². The molecule has 0 aliphatic carbocycles. The maximum atomic E-state index is 13.3. The zero-order chi connectivity index (χ0) is 20.4. The number of rotatable bonds is 4. The molecule has 10 heteroatoms. The molecule has 2 aromatic carbocycles. The van der Waals surface area contributed by atoms with Crippen molar-refractivity contribution in [3.63, 3.8) is 0 Å². The fraction of sp³-hybridized carbons (Fsp3) is 0.235. The van der Waals surface area contributed by atoms with Crippen LogP contribution in [0.5, 0.6) is 5.75 Å². The summed E-state index contributed by atoms with van der Waals surface area (Å²) in [7, 11) is 1.32. The molecule has 2 amide bonds. The van der Waals surface area contributed by atoms with Gasteiger partial charge in [-0.3, -0.25) is 5.01 Å². The lowest BCUT2D eigenvalue weighted by molar-refractivity contribution is -0.139. The normalized spacial score (nSPS) is 11.3. The molecule has 2 aromatic rings. The van der Waals surface area contributed by atoms with Gasteiger partial charge in [-0.15, -0.1) is 0 Å². The number of ether oxygens (including phenoxy) is 1. The van der Waals surface area contributed by atoms with Crippen LogP contribution in [0.1, 0.15) is 16.7 Å². The molecule has 0 fully saturated rings. The number of urea groups is 1.